The van der Waals surface area contributed by atoms with Crippen molar-refractivity contribution in [2.24, 2.45) is 5.41 Å². The van der Waals surface area contributed by atoms with E-state index in [0.717, 1.165) is 6.29 Å². The second-order valence-electron chi connectivity index (χ2n) is 3.28. The number of rotatable bonds is 2. The summed E-state index contributed by atoms with van der Waals surface area (Å²) in [6.07, 6.45) is 0.481. The van der Waals surface area contributed by atoms with Crippen LogP contribution in [0.1, 0.15) is 27.2 Å². The highest BCUT2D eigenvalue weighted by Gasteiger charge is 2.20. The zero-order chi connectivity index (χ0) is 7.49. The van der Waals surface area contributed by atoms with Crippen LogP contribution in [0.5, 0.6) is 0 Å². The van der Waals surface area contributed by atoms with E-state index in [-0.39, 0.29) is 11.8 Å². The smallest absolute Gasteiger partial charge is 0.122 e. The van der Waals surface area contributed by atoms with E-state index in [1.807, 2.05) is 20.8 Å². The third-order valence-electron chi connectivity index (χ3n) is 1.32. The van der Waals surface area contributed by atoms with E-state index >= 15 is 0 Å². The predicted octanol–water partition coefficient (Wildman–Crippen LogP) is 0.982. The normalized spacial score (nSPS) is 15.1. The summed E-state index contributed by atoms with van der Waals surface area (Å²) in [5, 5.41) is 9.15. The van der Waals surface area contributed by atoms with Gasteiger partial charge in [-0.1, -0.05) is 20.8 Å². The molecule has 0 aromatic rings. The van der Waals surface area contributed by atoms with Crippen LogP contribution in [0, 0.1) is 5.41 Å². The van der Waals surface area contributed by atoms with E-state index in [1.54, 1.807) is 0 Å². The first-order valence-corrected chi connectivity index (χ1v) is 3.10. The molecule has 0 amide bonds. The van der Waals surface area contributed by atoms with E-state index in [2.05, 4.69) is 0 Å². The molecule has 0 aliphatic heterocycles. The lowest BCUT2D eigenvalue weighted by atomic mass is 9.88. The minimum atomic E-state index is -0.505. The van der Waals surface area contributed by atoms with Crippen LogP contribution in [-0.4, -0.2) is 17.5 Å². The molecule has 0 saturated heterocycles. The van der Waals surface area contributed by atoms with Crippen molar-refractivity contribution in [2.75, 3.05) is 0 Å². The molecule has 1 atom stereocenters. The molecule has 0 radical (unpaired) electrons. The average Bonchev–Trinajstić information content (AvgIpc) is 1.64. The van der Waals surface area contributed by atoms with Gasteiger partial charge in [0.05, 0.1) is 6.10 Å². The third kappa shape index (κ3) is 3.25. The quantitative estimate of drug-likeness (QED) is 0.566. The maximum atomic E-state index is 9.90. The highest BCUT2D eigenvalue weighted by atomic mass is 16.3. The van der Waals surface area contributed by atoms with Gasteiger partial charge in [-0.15, -0.1) is 0 Å². The van der Waals surface area contributed by atoms with Gasteiger partial charge < -0.3 is 9.90 Å². The van der Waals surface area contributed by atoms with Gasteiger partial charge in [0.2, 0.25) is 0 Å². The van der Waals surface area contributed by atoms with Crippen molar-refractivity contribution >= 4 is 6.29 Å². The van der Waals surface area contributed by atoms with Crippen molar-refractivity contribution in [1.82, 2.24) is 0 Å². The van der Waals surface area contributed by atoms with Crippen LogP contribution in [0.4, 0.5) is 0 Å². The van der Waals surface area contributed by atoms with Gasteiger partial charge in [-0.25, -0.2) is 0 Å². The minimum Gasteiger partial charge on any atom is -0.392 e. The molecule has 2 heteroatoms. The van der Waals surface area contributed by atoms with E-state index in [9.17, 15) is 4.79 Å². The first-order chi connectivity index (χ1) is 3.98. The summed E-state index contributed by atoms with van der Waals surface area (Å²) in [6.45, 7) is 5.71. The lowest BCUT2D eigenvalue weighted by Crippen LogP contribution is -2.25. The molecule has 0 saturated carbocycles. The third-order valence-corrected chi connectivity index (χ3v) is 1.32. The highest BCUT2D eigenvalue weighted by molar-refractivity contribution is 5.50. The van der Waals surface area contributed by atoms with Crippen molar-refractivity contribution in [1.29, 1.82) is 0 Å². The summed E-state index contributed by atoms with van der Waals surface area (Å²) < 4.78 is 0. The molecule has 0 heterocycles. The standard InChI is InChI=1S/C7H14O2/c1-7(2,3)6(9)4-5-8/h5-6,9H,4H2,1-3H3. The predicted molar refractivity (Wildman–Crippen MR) is 36.1 cm³/mol. The number of carbonyl (C=O) groups excluding carboxylic acids is 1. The minimum absolute atomic E-state index is 0.166. The highest BCUT2D eigenvalue weighted by Crippen LogP contribution is 2.20. The number of hydrogen-bond acceptors (Lipinski definition) is 2. The number of carbonyl (C=O) groups is 1. The summed E-state index contributed by atoms with van der Waals surface area (Å²) in [5.74, 6) is 0. The van der Waals surface area contributed by atoms with Crippen molar-refractivity contribution < 1.29 is 9.90 Å². The Kier molecular flexibility index (Phi) is 2.85. The molecule has 9 heavy (non-hydrogen) atoms. The number of hydrogen-bond donors (Lipinski definition) is 1. The molecule has 2 nitrogen and oxygen atoms in total. The molecule has 1 unspecified atom stereocenters. The second-order valence-corrected chi connectivity index (χ2v) is 3.28. The lowest BCUT2D eigenvalue weighted by Gasteiger charge is -2.23. The van der Waals surface area contributed by atoms with Crippen molar-refractivity contribution in [3.63, 3.8) is 0 Å². The van der Waals surface area contributed by atoms with Crippen LogP contribution in [-0.2, 0) is 4.79 Å². The van der Waals surface area contributed by atoms with Crippen LogP contribution in [0.2, 0.25) is 0 Å². The van der Waals surface area contributed by atoms with Crippen LogP contribution in [0.25, 0.3) is 0 Å². The molecule has 0 aliphatic rings. The Bertz CT molecular complexity index is 91.6. The zero-order valence-corrected chi connectivity index (χ0v) is 6.22. The van der Waals surface area contributed by atoms with Crippen LogP contribution < -0.4 is 0 Å². The molecule has 0 bridgehead atoms. The monoisotopic (exact) mass is 130 g/mol. The topological polar surface area (TPSA) is 37.3 Å². The van der Waals surface area contributed by atoms with Crippen LogP contribution >= 0.6 is 0 Å². The van der Waals surface area contributed by atoms with Gasteiger partial charge in [0.15, 0.2) is 0 Å². The van der Waals surface area contributed by atoms with E-state index in [0.29, 0.717) is 0 Å². The number of aliphatic hydroxyl groups excluding tert-OH is 1. The van der Waals surface area contributed by atoms with Gasteiger partial charge in [0.25, 0.3) is 0 Å². The Labute approximate surface area is 55.9 Å². The van der Waals surface area contributed by atoms with Gasteiger partial charge in [0.1, 0.15) is 6.29 Å². The van der Waals surface area contributed by atoms with Crippen LogP contribution in [0.15, 0.2) is 0 Å². The SMILES string of the molecule is CC(C)(C)C(O)CC=O. The molecule has 54 valence electrons. The molecule has 0 spiro atoms. The second kappa shape index (κ2) is 2.97. The van der Waals surface area contributed by atoms with E-state index in [4.69, 9.17) is 5.11 Å². The van der Waals surface area contributed by atoms with Crippen molar-refractivity contribution in [3.8, 4) is 0 Å². The van der Waals surface area contributed by atoms with Crippen LogP contribution in [0.3, 0.4) is 0 Å². The van der Waals surface area contributed by atoms with E-state index < -0.39 is 6.10 Å². The van der Waals surface area contributed by atoms with E-state index in [1.165, 1.54) is 0 Å². The van der Waals surface area contributed by atoms with Gasteiger partial charge >= 0.3 is 0 Å². The fourth-order valence-corrected chi connectivity index (χ4v) is 0.445. The maximum absolute atomic E-state index is 9.90. The fourth-order valence-electron chi connectivity index (χ4n) is 0.445. The Morgan fingerprint density at radius 3 is 2.11 bits per heavy atom. The molecule has 0 aromatic heterocycles. The number of aldehydes is 1. The first kappa shape index (κ1) is 8.63. The Hall–Kier alpha value is -0.370. The van der Waals surface area contributed by atoms with Crippen molar-refractivity contribution in [3.05, 3.63) is 0 Å². The zero-order valence-electron chi connectivity index (χ0n) is 6.22. The molecule has 1 N–H and O–H groups in total. The Balaban J connectivity index is 3.72. The lowest BCUT2D eigenvalue weighted by molar-refractivity contribution is -0.110. The molecular formula is C7H14O2. The summed E-state index contributed by atoms with van der Waals surface area (Å²) in [5.41, 5.74) is -0.166. The summed E-state index contributed by atoms with van der Waals surface area (Å²) in [4.78, 5) is 9.90. The summed E-state index contributed by atoms with van der Waals surface area (Å²) in [7, 11) is 0. The first-order valence-electron chi connectivity index (χ1n) is 3.10. The maximum Gasteiger partial charge on any atom is 0.122 e. The number of aliphatic hydroxyl groups is 1. The van der Waals surface area contributed by atoms with Gasteiger partial charge in [-0.2, -0.15) is 0 Å². The van der Waals surface area contributed by atoms with Gasteiger partial charge in [0, 0.05) is 6.42 Å². The largest absolute Gasteiger partial charge is 0.392 e. The summed E-state index contributed by atoms with van der Waals surface area (Å²) in [6, 6.07) is 0. The Morgan fingerprint density at radius 1 is 1.56 bits per heavy atom. The molecule has 0 rings (SSSR count). The fraction of sp³-hybridized carbons (Fsp3) is 0.857. The molecule has 0 aliphatic carbocycles. The van der Waals surface area contributed by atoms with Gasteiger partial charge in [-0.05, 0) is 5.41 Å². The molecular weight excluding hydrogens is 116 g/mol. The van der Waals surface area contributed by atoms with Gasteiger partial charge in [-0.3, -0.25) is 0 Å². The molecule has 0 fully saturated rings. The summed E-state index contributed by atoms with van der Waals surface area (Å²) >= 11 is 0. The molecule has 0 aromatic carbocycles. The average molecular weight is 130 g/mol. The van der Waals surface area contributed by atoms with Crippen molar-refractivity contribution in [2.45, 2.75) is 33.3 Å². The Morgan fingerprint density at radius 2 is 2.00 bits per heavy atom.